The lowest BCUT2D eigenvalue weighted by Gasteiger charge is -2.47. The van der Waals surface area contributed by atoms with Crippen LogP contribution in [0.5, 0.6) is 0 Å². The number of aliphatic imine (C=N–C) groups is 1. The van der Waals surface area contributed by atoms with Crippen LogP contribution in [-0.4, -0.2) is 93.0 Å². The summed E-state index contributed by atoms with van der Waals surface area (Å²) in [6.45, 7) is 11.6. The maximum absolute atomic E-state index is 14.0. The van der Waals surface area contributed by atoms with Gasteiger partial charge >= 0.3 is 0 Å². The van der Waals surface area contributed by atoms with Crippen LogP contribution >= 0.6 is 0 Å². The number of rotatable bonds is 7. The fraction of sp³-hybridized carbons (Fsp3) is 0.640. The van der Waals surface area contributed by atoms with Gasteiger partial charge in [0, 0.05) is 75.9 Å². The first kappa shape index (κ1) is 26.1. The number of allylic oxidation sites excluding steroid dienone is 1. The molecule has 1 spiro atoms. The summed E-state index contributed by atoms with van der Waals surface area (Å²) in [7, 11) is 2.22. The Morgan fingerprint density at radius 2 is 2.06 bits per heavy atom. The summed E-state index contributed by atoms with van der Waals surface area (Å²) in [4.78, 5) is 25.1. The zero-order chi connectivity index (χ0) is 24.6. The van der Waals surface area contributed by atoms with Crippen molar-refractivity contribution in [2.45, 2.75) is 39.2 Å². The maximum Gasteiger partial charge on any atom is 0.293 e. The number of carbonyl (C=O) groups is 1. The molecular formula is C25H39FN6O2. The molecule has 2 N–H and O–H groups in total. The summed E-state index contributed by atoms with van der Waals surface area (Å²) in [6, 6.07) is 2.28. The normalized spacial score (nSPS) is 23.0. The van der Waals surface area contributed by atoms with E-state index in [-0.39, 0.29) is 5.82 Å². The number of nitrogens with zero attached hydrogens (tertiary/aromatic N) is 5. The smallest absolute Gasteiger partial charge is 0.293 e. The quantitative estimate of drug-likeness (QED) is 0.480. The highest BCUT2D eigenvalue weighted by atomic mass is 19.1. The van der Waals surface area contributed by atoms with Crippen molar-refractivity contribution >= 4 is 23.9 Å². The third-order valence-corrected chi connectivity index (χ3v) is 6.99. The molecule has 1 atom stereocenters. The molecule has 0 radical (unpaired) electrons. The molecule has 0 aromatic carbocycles. The summed E-state index contributed by atoms with van der Waals surface area (Å²) in [5.74, 6) is -0.318. The predicted molar refractivity (Wildman–Crippen MR) is 134 cm³/mol. The van der Waals surface area contributed by atoms with Gasteiger partial charge in [0.25, 0.3) is 6.47 Å². The van der Waals surface area contributed by atoms with Crippen LogP contribution in [0, 0.1) is 11.2 Å². The Morgan fingerprint density at radius 3 is 2.62 bits per heavy atom. The molecule has 1 aliphatic carbocycles. The van der Waals surface area contributed by atoms with Gasteiger partial charge in [-0.05, 0) is 45.6 Å². The van der Waals surface area contributed by atoms with E-state index < -0.39 is 0 Å². The van der Waals surface area contributed by atoms with Crippen LogP contribution in [0.2, 0.25) is 0 Å². The summed E-state index contributed by atoms with van der Waals surface area (Å²) in [6.07, 6.45) is 8.50. The Hall–Kier alpha value is -2.52. The van der Waals surface area contributed by atoms with Crippen molar-refractivity contribution in [3.8, 4) is 0 Å². The van der Waals surface area contributed by atoms with Crippen molar-refractivity contribution in [3.05, 3.63) is 30.0 Å². The van der Waals surface area contributed by atoms with E-state index in [0.29, 0.717) is 36.8 Å². The average molecular weight is 475 g/mol. The minimum absolute atomic E-state index is 0.318. The monoisotopic (exact) mass is 474 g/mol. The predicted octanol–water partition coefficient (Wildman–Crippen LogP) is 2.40. The fourth-order valence-electron chi connectivity index (χ4n) is 5.54. The first-order chi connectivity index (χ1) is 16.4. The van der Waals surface area contributed by atoms with Crippen LogP contribution in [-0.2, 0) is 9.53 Å². The molecule has 0 amide bonds. The number of halogens is 1. The lowest BCUT2D eigenvalue weighted by Crippen LogP contribution is -2.54. The van der Waals surface area contributed by atoms with Crippen molar-refractivity contribution in [2.24, 2.45) is 16.1 Å². The Kier molecular flexibility index (Phi) is 9.41. The van der Waals surface area contributed by atoms with Crippen LogP contribution in [0.3, 0.4) is 0 Å². The molecule has 1 saturated carbocycles. The molecule has 34 heavy (non-hydrogen) atoms. The van der Waals surface area contributed by atoms with Gasteiger partial charge in [0.05, 0.1) is 24.2 Å². The number of likely N-dealkylation sites (tertiary alicyclic amines) is 1. The van der Waals surface area contributed by atoms with Crippen molar-refractivity contribution in [1.82, 2.24) is 14.8 Å². The molecule has 2 aliphatic heterocycles. The second-order valence-corrected chi connectivity index (χ2v) is 9.41. The number of aromatic nitrogens is 1. The number of carbonyl (C=O) groups excluding carboxylic acids is 1. The highest BCUT2D eigenvalue weighted by Crippen LogP contribution is 2.46. The summed E-state index contributed by atoms with van der Waals surface area (Å²) in [5, 5.41) is 0. The number of pyridine rings is 1. The van der Waals surface area contributed by atoms with Gasteiger partial charge in [0.1, 0.15) is 5.82 Å². The number of ether oxygens (including phenoxy) is 1. The Bertz CT molecular complexity index is 863. The Labute approximate surface area is 202 Å². The van der Waals surface area contributed by atoms with E-state index in [2.05, 4.69) is 36.5 Å². The lowest BCUT2D eigenvalue weighted by molar-refractivity contribution is -0.128. The average Bonchev–Trinajstić information content (AvgIpc) is 3.26. The van der Waals surface area contributed by atoms with Crippen molar-refractivity contribution in [3.63, 3.8) is 0 Å². The standard InChI is InChI=1S/C22H33FN6.C3H6O2/c1-3-25-13-17(12-24)21-20(10-18(23)14-26-21)29-8-6-28(7-9-29)19-4-5-22(11-19)15-27(2)16-22;1-2-5-3-4/h10,12-14,19H,3-9,11,15-16,24H2,1-2H3;3H,2H2,1H3/b17-12+,25-13?;. The van der Waals surface area contributed by atoms with E-state index in [9.17, 15) is 9.18 Å². The van der Waals surface area contributed by atoms with Crippen molar-refractivity contribution < 1.29 is 13.9 Å². The van der Waals surface area contributed by atoms with Crippen LogP contribution in [0.1, 0.15) is 38.8 Å². The summed E-state index contributed by atoms with van der Waals surface area (Å²) < 4.78 is 18.2. The minimum atomic E-state index is -0.318. The molecular weight excluding hydrogens is 435 g/mol. The SMILES string of the molecule is CCN=C/C(=C\N)c1ncc(F)cc1N1CCN(C2CCC3(C2)CN(C)C3)CC1.CCOC=O. The molecule has 3 aliphatic rings. The highest BCUT2D eigenvalue weighted by Gasteiger charge is 2.48. The molecule has 1 aromatic heterocycles. The number of hydrogen-bond acceptors (Lipinski definition) is 8. The molecule has 2 saturated heterocycles. The minimum Gasteiger partial charge on any atom is -0.468 e. The van der Waals surface area contributed by atoms with Crippen LogP contribution < -0.4 is 10.6 Å². The number of piperazine rings is 1. The van der Waals surface area contributed by atoms with E-state index in [1.54, 1.807) is 19.2 Å². The molecule has 1 aromatic rings. The Morgan fingerprint density at radius 1 is 1.32 bits per heavy atom. The molecule has 3 fully saturated rings. The number of anilines is 1. The molecule has 188 valence electrons. The maximum atomic E-state index is 14.0. The number of nitrogens with two attached hydrogens (primary N) is 1. The van der Waals surface area contributed by atoms with Gasteiger partial charge in [0.15, 0.2) is 0 Å². The molecule has 3 heterocycles. The van der Waals surface area contributed by atoms with Gasteiger partial charge in [-0.25, -0.2) is 4.39 Å². The van der Waals surface area contributed by atoms with Gasteiger partial charge < -0.3 is 20.3 Å². The molecule has 0 bridgehead atoms. The highest BCUT2D eigenvalue weighted by molar-refractivity contribution is 6.10. The zero-order valence-corrected chi connectivity index (χ0v) is 20.8. The van der Waals surface area contributed by atoms with E-state index in [1.807, 2.05) is 6.92 Å². The van der Waals surface area contributed by atoms with Gasteiger partial charge in [-0.2, -0.15) is 0 Å². The second kappa shape index (κ2) is 12.3. The molecule has 9 heteroatoms. The van der Waals surface area contributed by atoms with Crippen LogP contribution in [0.4, 0.5) is 10.1 Å². The van der Waals surface area contributed by atoms with Gasteiger partial charge in [-0.1, -0.05) is 0 Å². The van der Waals surface area contributed by atoms with Gasteiger partial charge in [-0.3, -0.25) is 19.7 Å². The largest absolute Gasteiger partial charge is 0.468 e. The van der Waals surface area contributed by atoms with Gasteiger partial charge in [-0.15, -0.1) is 0 Å². The third kappa shape index (κ3) is 6.33. The van der Waals surface area contributed by atoms with Crippen molar-refractivity contribution in [2.75, 3.05) is 64.4 Å². The first-order valence-corrected chi connectivity index (χ1v) is 12.3. The van der Waals surface area contributed by atoms with Crippen LogP contribution in [0.15, 0.2) is 23.5 Å². The molecule has 1 unspecified atom stereocenters. The Balaban J connectivity index is 0.000000588. The molecule has 8 nitrogen and oxygen atoms in total. The second-order valence-electron chi connectivity index (χ2n) is 9.41. The van der Waals surface area contributed by atoms with Crippen LogP contribution in [0.25, 0.3) is 5.57 Å². The number of hydrogen-bond donors (Lipinski definition) is 1. The van der Waals surface area contributed by atoms with E-state index in [1.165, 1.54) is 44.7 Å². The topological polar surface area (TPSA) is 87.3 Å². The van der Waals surface area contributed by atoms with E-state index in [0.717, 1.165) is 37.4 Å². The van der Waals surface area contributed by atoms with E-state index in [4.69, 9.17) is 5.73 Å². The summed E-state index contributed by atoms with van der Waals surface area (Å²) in [5.41, 5.74) is 8.65. The third-order valence-electron chi connectivity index (χ3n) is 6.99. The van der Waals surface area contributed by atoms with E-state index >= 15 is 0 Å². The molecule has 4 rings (SSSR count). The zero-order valence-electron chi connectivity index (χ0n) is 20.8. The summed E-state index contributed by atoms with van der Waals surface area (Å²) >= 11 is 0. The lowest BCUT2D eigenvalue weighted by atomic mass is 9.78. The van der Waals surface area contributed by atoms with Gasteiger partial charge in [0.2, 0.25) is 0 Å². The van der Waals surface area contributed by atoms with Crippen molar-refractivity contribution in [1.29, 1.82) is 0 Å². The fourth-order valence-corrected chi connectivity index (χ4v) is 5.54. The first-order valence-electron chi connectivity index (χ1n) is 12.3.